The van der Waals surface area contributed by atoms with Crippen LogP contribution in [-0.4, -0.2) is 106 Å². The largest absolute Gasteiger partial charge is 0.455 e. The highest BCUT2D eigenvalue weighted by atomic mass is 32.2. The Morgan fingerprint density at radius 2 is 1.74 bits per heavy atom. The summed E-state index contributed by atoms with van der Waals surface area (Å²) in [5.74, 6) is 1.36. The number of ether oxygens (including phenoxy) is 2. The van der Waals surface area contributed by atoms with Gasteiger partial charge in [0.1, 0.15) is 22.0 Å². The van der Waals surface area contributed by atoms with Gasteiger partial charge in [-0.05, 0) is 130 Å². The van der Waals surface area contributed by atoms with E-state index in [4.69, 9.17) is 9.47 Å². The molecule has 4 saturated heterocycles. The van der Waals surface area contributed by atoms with Gasteiger partial charge in [-0.15, -0.1) is 0 Å². The van der Waals surface area contributed by atoms with Crippen LogP contribution in [0.2, 0.25) is 0 Å². The van der Waals surface area contributed by atoms with Crippen LogP contribution in [0.5, 0.6) is 11.5 Å². The summed E-state index contributed by atoms with van der Waals surface area (Å²) in [5.41, 5.74) is 4.31. The van der Waals surface area contributed by atoms with E-state index in [0.717, 1.165) is 81.0 Å². The van der Waals surface area contributed by atoms with E-state index in [1.54, 1.807) is 35.5 Å². The van der Waals surface area contributed by atoms with Crippen molar-refractivity contribution in [1.29, 1.82) is 0 Å². The minimum atomic E-state index is -4.66. The quantitative estimate of drug-likeness (QED) is 0.0701. The Labute approximate surface area is 408 Å². The molecule has 4 aliphatic heterocycles. The summed E-state index contributed by atoms with van der Waals surface area (Å²) in [6.07, 6.45) is 17.8. The minimum absolute atomic E-state index is 0.0472. The van der Waals surface area contributed by atoms with Crippen LogP contribution >= 0.6 is 0 Å². The summed E-state index contributed by atoms with van der Waals surface area (Å²) in [6, 6.07) is 19.8. The van der Waals surface area contributed by atoms with Gasteiger partial charge >= 0.3 is 5.69 Å². The maximum atomic E-state index is 14.0. The average Bonchev–Trinajstić information content (AvgIpc) is 3.90. The van der Waals surface area contributed by atoms with Gasteiger partial charge in [0.15, 0.2) is 0 Å². The maximum Gasteiger partial charge on any atom is 0.312 e. The van der Waals surface area contributed by atoms with E-state index in [2.05, 4.69) is 63.4 Å². The fraction of sp³-hybridized carbons (Fsp3) is 0.510. The number of fused-ring (bicyclic) bond motifs is 1. The monoisotopic (exact) mass is 991 g/mol. The molecule has 7 heterocycles. The number of piperidine rings is 1. The minimum Gasteiger partial charge on any atom is -0.455 e. The molecule has 6 fully saturated rings. The topological polar surface area (TPSA) is 214 Å². The molecule has 2 saturated carbocycles. The van der Waals surface area contributed by atoms with E-state index in [1.807, 2.05) is 12.1 Å². The zero-order valence-electron chi connectivity index (χ0n) is 39.3. The van der Waals surface area contributed by atoms with Crippen molar-refractivity contribution in [2.75, 3.05) is 54.5 Å². The predicted octanol–water partition coefficient (Wildman–Crippen LogP) is 8.85. The van der Waals surface area contributed by atoms with Gasteiger partial charge in [-0.2, -0.15) is 0 Å². The number of likely N-dealkylation sites (tertiary alicyclic amines) is 1. The molecule has 2 aliphatic carbocycles. The van der Waals surface area contributed by atoms with Crippen molar-refractivity contribution in [3.63, 3.8) is 0 Å². The highest BCUT2D eigenvalue weighted by Crippen LogP contribution is 2.55. The molecule has 0 radical (unpaired) electrons. The number of hydrogen-bond donors (Lipinski definition) is 3. The number of anilines is 2. The lowest BCUT2D eigenvalue weighted by molar-refractivity contribution is -0.384. The molecule has 3 aromatic heterocycles. The van der Waals surface area contributed by atoms with Crippen molar-refractivity contribution < 1.29 is 31.8 Å². The Kier molecular flexibility index (Phi) is 12.8. The second-order valence-electron chi connectivity index (χ2n) is 20.4. The van der Waals surface area contributed by atoms with Crippen LogP contribution in [0.25, 0.3) is 11.0 Å². The molecule has 1 amide bonds. The number of hydrogen-bond acceptors (Lipinski definition) is 14. The first kappa shape index (κ1) is 46.7. The van der Waals surface area contributed by atoms with Crippen LogP contribution in [0.3, 0.4) is 0 Å². The molecule has 3 N–H and O–H groups in total. The Hall–Kier alpha value is -5.63. The highest BCUT2D eigenvalue weighted by Gasteiger charge is 2.50. The fourth-order valence-corrected chi connectivity index (χ4v) is 15.1. The zero-order valence-corrected chi connectivity index (χ0v) is 40.9. The number of sulfonamides is 1. The van der Waals surface area contributed by atoms with Crippen molar-refractivity contribution in [2.24, 2.45) is 9.78 Å². The summed E-state index contributed by atoms with van der Waals surface area (Å²) >= 11 is 0. The number of rotatable bonds is 14. The molecule has 17 nitrogen and oxygen atoms in total. The SMILES string of the molecule is O=C(NS(=O)(=O)c1cnc(NCC2CCC(N=S3(=O)CCCCC3)CO2)c([N+](=O)[O-])c1)c1ccc(N2CCC3(CC2)CC(N2CCC[C@@H]2c2ccccc2C2CC2)C3)cc1Oc1cnc2[nH]ccc2c1. The van der Waals surface area contributed by atoms with E-state index in [-0.39, 0.29) is 35.8 Å². The smallest absolute Gasteiger partial charge is 0.312 e. The van der Waals surface area contributed by atoms with Gasteiger partial charge in [-0.3, -0.25) is 19.8 Å². The van der Waals surface area contributed by atoms with Crippen LogP contribution in [0.1, 0.15) is 117 Å². The first-order valence-corrected chi connectivity index (χ1v) is 28.4. The number of nitrogens with one attached hydrogen (secondary N) is 3. The van der Waals surface area contributed by atoms with E-state index in [1.165, 1.54) is 44.7 Å². The van der Waals surface area contributed by atoms with E-state index in [0.29, 0.717) is 59.8 Å². The fourth-order valence-electron chi connectivity index (χ4n) is 11.7. The van der Waals surface area contributed by atoms with Crippen molar-refractivity contribution in [1.82, 2.24) is 24.6 Å². The van der Waals surface area contributed by atoms with Gasteiger partial charge in [0.25, 0.3) is 15.9 Å². The lowest BCUT2D eigenvalue weighted by Crippen LogP contribution is -2.54. The van der Waals surface area contributed by atoms with Crippen molar-refractivity contribution >= 4 is 53.9 Å². The molecule has 19 heteroatoms. The molecule has 11 rings (SSSR count). The summed E-state index contributed by atoms with van der Waals surface area (Å²) in [7, 11) is -6.86. The number of nitro groups is 1. The molecule has 370 valence electrons. The molecular weight excluding hydrogens is 931 g/mol. The molecule has 2 aromatic carbocycles. The van der Waals surface area contributed by atoms with Crippen LogP contribution in [0, 0.1) is 15.5 Å². The first-order chi connectivity index (χ1) is 33.9. The molecule has 6 aliphatic rings. The Balaban J connectivity index is 0.755. The second kappa shape index (κ2) is 19.2. The van der Waals surface area contributed by atoms with Gasteiger partial charge in [-0.1, -0.05) is 30.7 Å². The normalized spacial score (nSPS) is 23.7. The zero-order chi connectivity index (χ0) is 48.0. The molecule has 70 heavy (non-hydrogen) atoms. The van der Waals surface area contributed by atoms with E-state index < -0.39 is 41.2 Å². The Bertz CT molecular complexity index is 3010. The summed E-state index contributed by atoms with van der Waals surface area (Å²) in [5, 5.41) is 16.0. The number of aromatic amines is 1. The summed E-state index contributed by atoms with van der Waals surface area (Å²) in [4.78, 5) is 41.8. The van der Waals surface area contributed by atoms with Gasteiger partial charge in [-0.25, -0.2) is 31.7 Å². The average molecular weight is 992 g/mol. The van der Waals surface area contributed by atoms with Crippen molar-refractivity contribution in [2.45, 2.75) is 119 Å². The number of carbonyl (C=O) groups is 1. The molecule has 5 aromatic rings. The lowest BCUT2D eigenvalue weighted by Gasteiger charge is -2.56. The Morgan fingerprint density at radius 3 is 2.50 bits per heavy atom. The molecular formula is C51H61N9O8S2. The molecule has 0 bridgehead atoms. The van der Waals surface area contributed by atoms with Gasteiger partial charge < -0.3 is 24.7 Å². The van der Waals surface area contributed by atoms with Crippen LogP contribution in [0.4, 0.5) is 17.2 Å². The number of pyridine rings is 2. The first-order valence-electron chi connectivity index (χ1n) is 25.0. The predicted molar refractivity (Wildman–Crippen MR) is 268 cm³/mol. The third-order valence-electron chi connectivity index (χ3n) is 15.7. The Morgan fingerprint density at radius 1 is 0.943 bits per heavy atom. The molecule has 3 atom stereocenters. The molecule has 1 spiro atoms. The number of carbonyl (C=O) groups excluding carboxylic acids is 1. The third-order valence-corrected chi connectivity index (χ3v) is 19.5. The number of benzene rings is 2. The van der Waals surface area contributed by atoms with Gasteiger partial charge in [0.2, 0.25) is 5.82 Å². The van der Waals surface area contributed by atoms with E-state index in [9.17, 15) is 27.5 Å². The lowest BCUT2D eigenvalue weighted by atomic mass is 9.59. The maximum absolute atomic E-state index is 14.0. The number of H-pyrrole nitrogens is 1. The third kappa shape index (κ3) is 9.86. The summed E-state index contributed by atoms with van der Waals surface area (Å²) in [6.45, 7) is 3.32. The number of aromatic nitrogens is 3. The van der Waals surface area contributed by atoms with Gasteiger partial charge in [0.05, 0.1) is 41.6 Å². The summed E-state index contributed by atoms with van der Waals surface area (Å²) < 4.78 is 59.8. The van der Waals surface area contributed by atoms with Crippen molar-refractivity contribution in [3.05, 3.63) is 106 Å². The van der Waals surface area contributed by atoms with Crippen LogP contribution < -0.4 is 19.7 Å². The van der Waals surface area contributed by atoms with Crippen LogP contribution in [0.15, 0.2) is 88.5 Å². The van der Waals surface area contributed by atoms with Crippen LogP contribution in [-0.2, 0) is 24.5 Å². The standard InChI is InChI=1S/C51H61N9O8S2/c61-50(57-70(65,66)41-27-46(60(62)63)49(55-32-41)54-30-39-14-12-36(33-67-39)56-69(64)23-4-1-5-24-69)44-15-13-37(26-47(44)68-40-25-35-16-19-52-48(35)53-31-40)58-21-17-51(18-22-58)28-38(29-51)59-20-6-9-45(59)43-8-3-2-7-42(43)34-10-11-34/h2-3,7-8,13,15-16,19,25-27,31-32,34,36,38-39,45H,1,4-6,9-12,14,17-18,20-24,28-30,33H2,(H,52,53)(H,54,55)(H,57,61)/t36?,39?,45-/m1/s1. The highest BCUT2D eigenvalue weighted by molar-refractivity contribution is 7.93. The molecule has 2 unspecified atom stereocenters. The number of amides is 1. The van der Waals surface area contributed by atoms with Gasteiger partial charge in [0, 0.05) is 82.4 Å². The van der Waals surface area contributed by atoms with Crippen molar-refractivity contribution in [3.8, 4) is 11.5 Å². The second-order valence-corrected chi connectivity index (χ2v) is 24.6. The number of nitrogens with zero attached hydrogens (tertiary/aromatic N) is 6. The van der Waals surface area contributed by atoms with E-state index >= 15 is 0 Å².